The Bertz CT molecular complexity index is 336. The van der Waals surface area contributed by atoms with E-state index in [1.165, 1.54) is 18.5 Å². The highest BCUT2D eigenvalue weighted by Crippen LogP contribution is 2.15. The van der Waals surface area contributed by atoms with Crippen LogP contribution in [0.2, 0.25) is 0 Å². The number of rotatable bonds is 5. The molecule has 0 aliphatic carbocycles. The topological polar surface area (TPSA) is 29.3 Å². The van der Waals surface area contributed by atoms with Gasteiger partial charge in [0.25, 0.3) is 0 Å². The number of nitrogens with two attached hydrogens (primary N) is 1. The van der Waals surface area contributed by atoms with Crippen LogP contribution >= 0.6 is 12.2 Å². The SMILES string of the molecule is CCCCN(C)c1cccc(C(N)=S)c1. The summed E-state index contributed by atoms with van der Waals surface area (Å²) in [6, 6.07) is 8.06. The van der Waals surface area contributed by atoms with Crippen LogP contribution in [0.1, 0.15) is 25.3 Å². The third-order valence-corrected chi connectivity index (χ3v) is 2.65. The minimum absolute atomic E-state index is 0.459. The Hall–Kier alpha value is -1.09. The zero-order chi connectivity index (χ0) is 11.3. The van der Waals surface area contributed by atoms with Crippen molar-refractivity contribution >= 4 is 22.9 Å². The van der Waals surface area contributed by atoms with E-state index in [1.54, 1.807) is 0 Å². The maximum Gasteiger partial charge on any atom is 0.104 e. The molecule has 0 aromatic heterocycles. The van der Waals surface area contributed by atoms with Gasteiger partial charge in [0.15, 0.2) is 0 Å². The first-order chi connectivity index (χ1) is 7.15. The van der Waals surface area contributed by atoms with Gasteiger partial charge in [-0.15, -0.1) is 0 Å². The average molecular weight is 222 g/mol. The summed E-state index contributed by atoms with van der Waals surface area (Å²) >= 11 is 4.95. The van der Waals surface area contributed by atoms with Crippen molar-refractivity contribution in [3.8, 4) is 0 Å². The fraction of sp³-hybridized carbons (Fsp3) is 0.417. The Balaban J connectivity index is 2.76. The molecule has 3 heteroatoms. The summed E-state index contributed by atoms with van der Waals surface area (Å²) in [6.07, 6.45) is 2.41. The fourth-order valence-electron chi connectivity index (χ4n) is 1.42. The highest BCUT2D eigenvalue weighted by atomic mass is 32.1. The minimum Gasteiger partial charge on any atom is -0.389 e. The van der Waals surface area contributed by atoms with Gasteiger partial charge in [0.1, 0.15) is 4.99 Å². The summed E-state index contributed by atoms with van der Waals surface area (Å²) in [5, 5.41) is 0. The molecule has 1 aromatic carbocycles. The van der Waals surface area contributed by atoms with Crippen LogP contribution in [-0.2, 0) is 0 Å². The van der Waals surface area contributed by atoms with Crippen molar-refractivity contribution in [2.45, 2.75) is 19.8 Å². The van der Waals surface area contributed by atoms with Gasteiger partial charge in [-0.05, 0) is 18.6 Å². The average Bonchev–Trinajstić information content (AvgIpc) is 2.26. The summed E-state index contributed by atoms with van der Waals surface area (Å²) in [5.74, 6) is 0. The molecule has 0 bridgehead atoms. The Morgan fingerprint density at radius 1 is 1.47 bits per heavy atom. The summed E-state index contributed by atoms with van der Waals surface area (Å²) in [4.78, 5) is 2.69. The minimum atomic E-state index is 0.459. The van der Waals surface area contributed by atoms with Crippen molar-refractivity contribution in [3.63, 3.8) is 0 Å². The molecule has 0 aliphatic heterocycles. The molecular weight excluding hydrogens is 204 g/mol. The van der Waals surface area contributed by atoms with Crippen LogP contribution in [0.5, 0.6) is 0 Å². The molecule has 82 valence electrons. The van der Waals surface area contributed by atoms with Crippen LogP contribution in [0.15, 0.2) is 24.3 Å². The first-order valence-electron chi connectivity index (χ1n) is 5.26. The third-order valence-electron chi connectivity index (χ3n) is 2.42. The third kappa shape index (κ3) is 3.51. The second-order valence-corrected chi connectivity index (χ2v) is 4.13. The molecule has 0 saturated carbocycles. The largest absolute Gasteiger partial charge is 0.389 e. The first kappa shape index (κ1) is 12.0. The standard InChI is InChI=1S/C12H18N2S/c1-3-4-8-14(2)11-7-5-6-10(9-11)12(13)15/h5-7,9H,3-4,8H2,1-2H3,(H2,13,15). The molecule has 0 saturated heterocycles. The number of anilines is 1. The number of benzene rings is 1. The van der Waals surface area contributed by atoms with Gasteiger partial charge in [-0.2, -0.15) is 0 Å². The van der Waals surface area contributed by atoms with Crippen LogP contribution in [0, 0.1) is 0 Å². The number of hydrogen-bond acceptors (Lipinski definition) is 2. The highest BCUT2D eigenvalue weighted by Gasteiger charge is 2.02. The molecule has 15 heavy (non-hydrogen) atoms. The quantitative estimate of drug-likeness (QED) is 0.776. The molecule has 1 aromatic rings. The van der Waals surface area contributed by atoms with E-state index < -0.39 is 0 Å². The van der Waals surface area contributed by atoms with E-state index in [9.17, 15) is 0 Å². The molecule has 0 unspecified atom stereocenters. The molecule has 2 nitrogen and oxygen atoms in total. The van der Waals surface area contributed by atoms with Crippen LogP contribution in [0.4, 0.5) is 5.69 Å². The number of unbranched alkanes of at least 4 members (excludes halogenated alkanes) is 1. The molecule has 0 atom stereocenters. The lowest BCUT2D eigenvalue weighted by molar-refractivity contribution is 0.767. The Kier molecular flexibility index (Phi) is 4.56. The van der Waals surface area contributed by atoms with Gasteiger partial charge in [0.05, 0.1) is 0 Å². The predicted octanol–water partition coefficient (Wildman–Crippen LogP) is 2.56. The zero-order valence-corrected chi connectivity index (χ0v) is 10.2. The zero-order valence-electron chi connectivity index (χ0n) is 9.36. The van der Waals surface area contributed by atoms with Crippen molar-refractivity contribution in [1.82, 2.24) is 0 Å². The lowest BCUT2D eigenvalue weighted by Crippen LogP contribution is -2.19. The van der Waals surface area contributed by atoms with Gasteiger partial charge < -0.3 is 10.6 Å². The maximum atomic E-state index is 5.60. The molecule has 0 fully saturated rings. The molecule has 1 rings (SSSR count). The van der Waals surface area contributed by atoms with Crippen molar-refractivity contribution in [3.05, 3.63) is 29.8 Å². The number of thiocarbonyl (C=S) groups is 1. The van der Waals surface area contributed by atoms with E-state index in [0.29, 0.717) is 4.99 Å². The van der Waals surface area contributed by atoms with Gasteiger partial charge in [-0.1, -0.05) is 37.7 Å². The summed E-state index contributed by atoms with van der Waals surface area (Å²) in [7, 11) is 2.09. The van der Waals surface area contributed by atoms with E-state index >= 15 is 0 Å². The van der Waals surface area contributed by atoms with Gasteiger partial charge in [0, 0.05) is 24.8 Å². The first-order valence-corrected chi connectivity index (χ1v) is 5.67. The van der Waals surface area contributed by atoms with Crippen LogP contribution in [-0.4, -0.2) is 18.6 Å². The fourth-order valence-corrected chi connectivity index (χ4v) is 1.55. The number of hydrogen-bond donors (Lipinski definition) is 1. The molecule has 0 amide bonds. The maximum absolute atomic E-state index is 5.60. The van der Waals surface area contributed by atoms with E-state index in [0.717, 1.165) is 12.1 Å². The predicted molar refractivity (Wildman–Crippen MR) is 70.5 cm³/mol. The van der Waals surface area contributed by atoms with Gasteiger partial charge in [-0.25, -0.2) is 0 Å². The molecule has 2 N–H and O–H groups in total. The molecule has 0 radical (unpaired) electrons. The second kappa shape index (κ2) is 5.71. The Labute approximate surface area is 97.1 Å². The number of nitrogens with zero attached hydrogens (tertiary/aromatic N) is 1. The van der Waals surface area contributed by atoms with Crippen molar-refractivity contribution < 1.29 is 0 Å². The Morgan fingerprint density at radius 2 is 2.20 bits per heavy atom. The van der Waals surface area contributed by atoms with E-state index in [4.69, 9.17) is 18.0 Å². The van der Waals surface area contributed by atoms with E-state index in [-0.39, 0.29) is 0 Å². The van der Waals surface area contributed by atoms with Crippen molar-refractivity contribution in [1.29, 1.82) is 0 Å². The summed E-state index contributed by atoms with van der Waals surface area (Å²) < 4.78 is 0. The van der Waals surface area contributed by atoms with E-state index in [1.807, 2.05) is 18.2 Å². The molecule has 0 heterocycles. The summed E-state index contributed by atoms with van der Waals surface area (Å²) in [5.41, 5.74) is 7.71. The van der Waals surface area contributed by atoms with Crippen molar-refractivity contribution in [2.75, 3.05) is 18.5 Å². The molecular formula is C12H18N2S. The Morgan fingerprint density at radius 3 is 2.80 bits per heavy atom. The highest BCUT2D eigenvalue weighted by molar-refractivity contribution is 7.80. The monoisotopic (exact) mass is 222 g/mol. The smallest absolute Gasteiger partial charge is 0.104 e. The van der Waals surface area contributed by atoms with E-state index in [2.05, 4.69) is 24.9 Å². The van der Waals surface area contributed by atoms with Gasteiger partial charge in [-0.3, -0.25) is 0 Å². The second-order valence-electron chi connectivity index (χ2n) is 3.69. The van der Waals surface area contributed by atoms with Gasteiger partial charge in [0.2, 0.25) is 0 Å². The lowest BCUT2D eigenvalue weighted by atomic mass is 10.2. The van der Waals surface area contributed by atoms with Gasteiger partial charge >= 0.3 is 0 Å². The lowest BCUT2D eigenvalue weighted by Gasteiger charge is -2.19. The normalized spacial score (nSPS) is 10.0. The van der Waals surface area contributed by atoms with Crippen LogP contribution in [0.3, 0.4) is 0 Å². The summed E-state index contributed by atoms with van der Waals surface area (Å²) in [6.45, 7) is 3.26. The van der Waals surface area contributed by atoms with Crippen molar-refractivity contribution in [2.24, 2.45) is 5.73 Å². The van der Waals surface area contributed by atoms with Crippen LogP contribution in [0.25, 0.3) is 0 Å². The molecule has 0 aliphatic rings. The molecule has 0 spiro atoms. The van der Waals surface area contributed by atoms with Crippen LogP contribution < -0.4 is 10.6 Å².